The van der Waals surface area contributed by atoms with Crippen LogP contribution in [0.5, 0.6) is 5.75 Å². The van der Waals surface area contributed by atoms with Crippen LogP contribution in [0.25, 0.3) is 0 Å². The Hall–Kier alpha value is -1.00. The van der Waals surface area contributed by atoms with Crippen molar-refractivity contribution in [1.29, 1.82) is 0 Å². The van der Waals surface area contributed by atoms with Gasteiger partial charge in [-0.25, -0.2) is 0 Å². The molecule has 1 N–H and O–H groups in total. The summed E-state index contributed by atoms with van der Waals surface area (Å²) in [6.07, 6.45) is 2.10. The Morgan fingerprint density at radius 1 is 1.33 bits per heavy atom. The highest BCUT2D eigenvalue weighted by molar-refractivity contribution is 7.90. The molecule has 1 aliphatic carbocycles. The smallest absolute Gasteiger partial charge is 0.254 e. The van der Waals surface area contributed by atoms with Crippen LogP contribution >= 0.6 is 23.2 Å². The maximum atomic E-state index is 13.3. The molecule has 4 unspecified atom stereocenters. The number of hydrogen-bond donors (Lipinski definition) is 1. The van der Waals surface area contributed by atoms with Gasteiger partial charge in [-0.2, -0.15) is 0 Å². The molecule has 4 aliphatic rings. The normalized spacial score (nSPS) is 28.8. The van der Waals surface area contributed by atoms with Crippen LogP contribution in [0.1, 0.15) is 52.6 Å². The van der Waals surface area contributed by atoms with Gasteiger partial charge in [-0.15, -0.1) is 4.72 Å². The van der Waals surface area contributed by atoms with Crippen LogP contribution in [-0.2, 0) is 25.6 Å². The Morgan fingerprint density at radius 3 is 2.53 bits per heavy atom. The third-order valence-corrected chi connectivity index (χ3v) is 9.42. The molecule has 0 aromatic heterocycles. The molecule has 36 heavy (non-hydrogen) atoms. The third-order valence-electron chi connectivity index (χ3n) is 7.12. The lowest BCUT2D eigenvalue weighted by atomic mass is 9.58. The summed E-state index contributed by atoms with van der Waals surface area (Å²) in [5.41, 5.74) is 0.817. The molecule has 1 amide bonds. The first-order valence-electron chi connectivity index (χ1n) is 12.3. The Bertz CT molecular complexity index is 989. The van der Waals surface area contributed by atoms with E-state index < -0.39 is 28.0 Å². The first kappa shape index (κ1) is 28.0. The summed E-state index contributed by atoms with van der Waals surface area (Å²) in [4.78, 5) is 15.1. The maximum Gasteiger partial charge on any atom is 0.254 e. The van der Waals surface area contributed by atoms with Crippen molar-refractivity contribution in [2.45, 2.75) is 63.7 Å². The molecule has 7 nitrogen and oxygen atoms in total. The molecule has 10 heteroatoms. The van der Waals surface area contributed by atoms with E-state index in [9.17, 15) is 9.35 Å². The predicted molar refractivity (Wildman–Crippen MR) is 142 cm³/mol. The number of carbonyl (C=O) groups is 1. The lowest BCUT2D eigenvalue weighted by Gasteiger charge is -2.56. The number of hydrogen-bond acceptors (Lipinski definition) is 6. The van der Waals surface area contributed by atoms with Gasteiger partial charge in [-0.1, -0.05) is 35.9 Å². The number of amides is 1. The fourth-order valence-corrected chi connectivity index (χ4v) is 6.56. The summed E-state index contributed by atoms with van der Waals surface area (Å²) in [6.45, 7) is 15.0. The van der Waals surface area contributed by atoms with Crippen molar-refractivity contribution in [3.05, 3.63) is 40.4 Å². The number of fused-ring (bicyclic) bond motifs is 2. The van der Waals surface area contributed by atoms with E-state index in [2.05, 4.69) is 11.3 Å². The molecule has 1 aromatic carbocycles. The van der Waals surface area contributed by atoms with Gasteiger partial charge in [0.15, 0.2) is 11.9 Å². The van der Waals surface area contributed by atoms with E-state index in [0.29, 0.717) is 35.5 Å². The number of rotatable bonds is 8. The molecular formula is C26H36Cl2N2O5S. The molecule has 200 valence electrons. The lowest BCUT2D eigenvalue weighted by Crippen LogP contribution is -2.61. The third kappa shape index (κ3) is 5.85. The largest absolute Gasteiger partial charge is 0.598 e. The summed E-state index contributed by atoms with van der Waals surface area (Å²) in [5.74, 6) is 0.438. The predicted octanol–water partition coefficient (Wildman–Crippen LogP) is 4.90. The van der Waals surface area contributed by atoms with Gasteiger partial charge in [0.05, 0.1) is 22.7 Å². The Balaban J connectivity index is 1.59. The number of nitrogens with one attached hydrogen (secondary N) is 1. The average molecular weight is 560 g/mol. The fourth-order valence-electron chi connectivity index (χ4n) is 5.36. The van der Waals surface area contributed by atoms with Crippen molar-refractivity contribution in [3.63, 3.8) is 0 Å². The number of carbonyl (C=O) groups excluding carboxylic acids is 1. The van der Waals surface area contributed by atoms with Gasteiger partial charge < -0.3 is 23.7 Å². The number of halogens is 2. The first-order chi connectivity index (χ1) is 16.8. The van der Waals surface area contributed by atoms with Gasteiger partial charge in [0.2, 0.25) is 0 Å². The van der Waals surface area contributed by atoms with E-state index in [4.69, 9.17) is 37.4 Å². The van der Waals surface area contributed by atoms with Crippen LogP contribution in [-0.4, -0.2) is 58.3 Å². The lowest BCUT2D eigenvalue weighted by molar-refractivity contribution is -0.167. The minimum Gasteiger partial charge on any atom is -0.598 e. The van der Waals surface area contributed by atoms with Crippen molar-refractivity contribution in [2.75, 3.05) is 26.3 Å². The van der Waals surface area contributed by atoms with Gasteiger partial charge in [-0.05, 0) is 64.9 Å². The summed E-state index contributed by atoms with van der Waals surface area (Å²) in [7, 11) is 0. The standard InChI is InChI=1S/C26H36Cl2N2O5S/c1-7-8-33-20-11-19(28)18(27)10-17(20)23(29-36(32)25(2,3)4)22-15-9-16(22)13-30(12-15)24(31)21-14-34-26(5,6)35-21/h7,10-11,15-16,21-23,29H,1,8-9,12-14H2,2-6H3/t15?,16?,21-,22?,23?,36?/m1/s1. The van der Waals surface area contributed by atoms with E-state index in [1.165, 1.54) is 0 Å². The molecule has 5 atom stereocenters. The molecular weight excluding hydrogens is 523 g/mol. The molecule has 3 heterocycles. The topological polar surface area (TPSA) is 83.1 Å². The van der Waals surface area contributed by atoms with Crippen LogP contribution < -0.4 is 9.46 Å². The monoisotopic (exact) mass is 558 g/mol. The van der Waals surface area contributed by atoms with Crippen LogP contribution in [0, 0.1) is 17.8 Å². The van der Waals surface area contributed by atoms with Crippen LogP contribution in [0.2, 0.25) is 10.0 Å². The van der Waals surface area contributed by atoms with Crippen molar-refractivity contribution in [2.24, 2.45) is 17.8 Å². The summed E-state index contributed by atoms with van der Waals surface area (Å²) in [6, 6.07) is 3.23. The maximum absolute atomic E-state index is 13.3. The van der Waals surface area contributed by atoms with Crippen molar-refractivity contribution in [3.8, 4) is 5.75 Å². The van der Waals surface area contributed by atoms with Crippen molar-refractivity contribution < 1.29 is 23.6 Å². The first-order valence-corrected chi connectivity index (χ1v) is 14.2. The average Bonchev–Trinajstić information content (AvgIpc) is 3.17. The quantitative estimate of drug-likeness (QED) is 0.361. The fraction of sp³-hybridized carbons (Fsp3) is 0.654. The minimum absolute atomic E-state index is 0.0268. The molecule has 1 saturated carbocycles. The molecule has 5 rings (SSSR count). The minimum atomic E-state index is -1.34. The van der Waals surface area contributed by atoms with Gasteiger partial charge in [0, 0.05) is 36.1 Å². The zero-order chi connectivity index (χ0) is 26.4. The van der Waals surface area contributed by atoms with Crippen LogP contribution in [0.4, 0.5) is 0 Å². The van der Waals surface area contributed by atoms with Gasteiger partial charge in [0.1, 0.15) is 17.1 Å². The van der Waals surface area contributed by atoms with E-state index in [1.54, 1.807) is 12.1 Å². The highest BCUT2D eigenvalue weighted by Crippen LogP contribution is 2.53. The van der Waals surface area contributed by atoms with Crippen molar-refractivity contribution >= 4 is 40.5 Å². The zero-order valence-corrected chi connectivity index (χ0v) is 23.8. The molecule has 4 fully saturated rings. The number of nitrogens with zero attached hydrogens (tertiary/aromatic N) is 1. The van der Waals surface area contributed by atoms with Gasteiger partial charge in [-0.3, -0.25) is 4.79 Å². The molecule has 0 radical (unpaired) electrons. The molecule has 1 aromatic rings. The molecule has 2 bridgehead atoms. The highest BCUT2D eigenvalue weighted by atomic mass is 35.5. The van der Waals surface area contributed by atoms with E-state index in [-0.39, 0.29) is 36.3 Å². The van der Waals surface area contributed by atoms with Crippen molar-refractivity contribution in [1.82, 2.24) is 9.62 Å². The molecule has 3 aliphatic heterocycles. The number of ether oxygens (including phenoxy) is 3. The Morgan fingerprint density at radius 2 is 1.97 bits per heavy atom. The summed E-state index contributed by atoms with van der Waals surface area (Å²) in [5, 5.41) is 0.802. The van der Waals surface area contributed by atoms with Crippen LogP contribution in [0.15, 0.2) is 24.8 Å². The van der Waals surface area contributed by atoms with Gasteiger partial charge in [0.25, 0.3) is 5.91 Å². The Labute approximate surface area is 227 Å². The highest BCUT2D eigenvalue weighted by Gasteiger charge is 2.54. The second-order valence-corrected chi connectivity index (χ2v) is 14.1. The SMILES string of the molecule is C=CCOc1cc(Cl)c(Cl)cc1C(N[S+]([O-])C(C)(C)C)C1C2CC1CN(C(=O)[C@H]1COC(C)(C)O1)C2. The number of benzene rings is 1. The second-order valence-electron chi connectivity index (χ2n) is 11.3. The second kappa shape index (κ2) is 10.6. The Kier molecular flexibility index (Phi) is 8.28. The zero-order valence-electron chi connectivity index (χ0n) is 21.5. The molecule has 0 spiro atoms. The number of piperidine rings is 2. The molecule has 3 saturated heterocycles. The summed E-state index contributed by atoms with van der Waals surface area (Å²) >= 11 is 11.4. The van der Waals surface area contributed by atoms with E-state index >= 15 is 0 Å². The van der Waals surface area contributed by atoms with E-state index in [1.807, 2.05) is 45.6 Å². The van der Waals surface area contributed by atoms with Crippen LogP contribution in [0.3, 0.4) is 0 Å². The summed E-state index contributed by atoms with van der Waals surface area (Å²) < 4.78 is 33.6. The van der Waals surface area contributed by atoms with E-state index in [0.717, 1.165) is 12.0 Å². The van der Waals surface area contributed by atoms with Gasteiger partial charge >= 0.3 is 0 Å².